The van der Waals surface area contributed by atoms with Crippen molar-refractivity contribution in [3.63, 3.8) is 0 Å². The minimum atomic E-state index is -0.462. The molecular weight excluding hydrogens is 345 g/mol. The minimum Gasteiger partial charge on any atom is -0.491 e. The smallest absolute Gasteiger partial charge is 0.278 e. The normalized spacial score (nSPS) is 12.6. The summed E-state index contributed by atoms with van der Waals surface area (Å²) in [4.78, 5) is 13.1. The summed E-state index contributed by atoms with van der Waals surface area (Å²) in [5.41, 5.74) is 3.74. The number of hydrogen-bond acceptors (Lipinski definition) is 3. The third kappa shape index (κ3) is 3.13. The Labute approximate surface area is 158 Å². The quantitative estimate of drug-likeness (QED) is 0.669. The molecule has 1 atom stereocenters. The molecule has 1 aromatic carbocycles. The van der Waals surface area contributed by atoms with Crippen LogP contribution in [-0.4, -0.2) is 20.8 Å². The molecule has 0 aliphatic rings. The molecule has 0 bridgehead atoms. The van der Waals surface area contributed by atoms with Crippen molar-refractivity contribution in [1.29, 1.82) is 0 Å². The molecule has 0 aliphatic heterocycles. The predicted molar refractivity (Wildman–Crippen MR) is 105 cm³/mol. The zero-order valence-electron chi connectivity index (χ0n) is 16.8. The second-order valence-corrected chi connectivity index (χ2v) is 7.03. The van der Waals surface area contributed by atoms with E-state index in [0.717, 1.165) is 23.2 Å². The zero-order valence-corrected chi connectivity index (χ0v) is 16.8. The summed E-state index contributed by atoms with van der Waals surface area (Å²) in [7, 11) is 1.68. The largest absolute Gasteiger partial charge is 0.491 e. The van der Waals surface area contributed by atoms with Crippen LogP contribution in [0.25, 0.3) is 16.9 Å². The standard InChI is InChI=1S/C21H26FN3O2/c1-7-12(3)15-10-14(5)25-19(15)21(26)24(6)20(23-25)16-11-17(22)18(27-8-2)9-13(16)4/h9-12H,7-8H2,1-6H3. The number of nitrogens with zero attached hydrogens (tertiary/aromatic N) is 3. The Balaban J connectivity index is 2.29. The first-order valence-corrected chi connectivity index (χ1v) is 9.32. The van der Waals surface area contributed by atoms with E-state index in [-0.39, 0.29) is 17.2 Å². The summed E-state index contributed by atoms with van der Waals surface area (Å²) in [6.45, 7) is 10.2. The van der Waals surface area contributed by atoms with Crippen LogP contribution >= 0.6 is 0 Å². The van der Waals surface area contributed by atoms with Gasteiger partial charge in [0.1, 0.15) is 5.52 Å². The maximum atomic E-state index is 14.4. The molecule has 5 nitrogen and oxygen atoms in total. The molecule has 3 aromatic rings. The van der Waals surface area contributed by atoms with Gasteiger partial charge < -0.3 is 4.74 Å². The number of aryl methyl sites for hydroxylation is 2. The first-order valence-electron chi connectivity index (χ1n) is 9.32. The topological polar surface area (TPSA) is 48.5 Å². The van der Waals surface area contributed by atoms with Gasteiger partial charge in [0.15, 0.2) is 17.4 Å². The van der Waals surface area contributed by atoms with Gasteiger partial charge in [0.2, 0.25) is 0 Å². The van der Waals surface area contributed by atoms with Crippen molar-refractivity contribution in [2.75, 3.05) is 6.61 Å². The number of ether oxygens (including phenoxy) is 1. The van der Waals surface area contributed by atoms with Crippen LogP contribution in [0.5, 0.6) is 5.75 Å². The lowest BCUT2D eigenvalue weighted by atomic mass is 10.00. The monoisotopic (exact) mass is 371 g/mol. The van der Waals surface area contributed by atoms with E-state index in [0.29, 0.717) is 23.5 Å². The SMILES string of the molecule is CCOc1cc(C)c(-c2nn3c(C)cc(C(C)CC)c3c(=O)n2C)cc1F. The maximum Gasteiger partial charge on any atom is 0.278 e. The Hall–Kier alpha value is -2.63. The zero-order chi connectivity index (χ0) is 19.9. The van der Waals surface area contributed by atoms with Crippen LogP contribution < -0.4 is 10.3 Å². The van der Waals surface area contributed by atoms with Crippen molar-refractivity contribution in [3.05, 3.63) is 51.2 Å². The molecule has 0 aliphatic carbocycles. The molecule has 0 amide bonds. The molecule has 0 fully saturated rings. The lowest BCUT2D eigenvalue weighted by molar-refractivity contribution is 0.321. The van der Waals surface area contributed by atoms with Crippen molar-refractivity contribution < 1.29 is 9.13 Å². The Kier molecular flexibility index (Phi) is 5.09. The number of hydrogen-bond donors (Lipinski definition) is 0. The Bertz CT molecular complexity index is 1070. The van der Waals surface area contributed by atoms with E-state index in [1.807, 2.05) is 26.8 Å². The van der Waals surface area contributed by atoms with Crippen LogP contribution in [0.3, 0.4) is 0 Å². The van der Waals surface area contributed by atoms with E-state index in [1.165, 1.54) is 10.6 Å². The van der Waals surface area contributed by atoms with Crippen molar-refractivity contribution in [3.8, 4) is 17.1 Å². The minimum absolute atomic E-state index is 0.128. The maximum absolute atomic E-state index is 14.4. The van der Waals surface area contributed by atoms with Gasteiger partial charge in [-0.3, -0.25) is 9.36 Å². The fraction of sp³-hybridized carbons (Fsp3) is 0.429. The summed E-state index contributed by atoms with van der Waals surface area (Å²) in [5.74, 6) is 0.442. The fourth-order valence-electron chi connectivity index (χ4n) is 3.41. The molecule has 1 unspecified atom stereocenters. The van der Waals surface area contributed by atoms with Gasteiger partial charge >= 0.3 is 0 Å². The van der Waals surface area contributed by atoms with E-state index in [2.05, 4.69) is 13.8 Å². The lowest BCUT2D eigenvalue weighted by Gasteiger charge is -2.14. The number of halogens is 1. The highest BCUT2D eigenvalue weighted by Gasteiger charge is 2.20. The van der Waals surface area contributed by atoms with Crippen LogP contribution in [0.1, 0.15) is 49.9 Å². The molecule has 2 aromatic heterocycles. The van der Waals surface area contributed by atoms with Crippen molar-refractivity contribution in [2.45, 2.75) is 47.0 Å². The van der Waals surface area contributed by atoms with Crippen LogP contribution in [0.2, 0.25) is 0 Å². The van der Waals surface area contributed by atoms with Gasteiger partial charge in [-0.2, -0.15) is 0 Å². The summed E-state index contributed by atoms with van der Waals surface area (Å²) < 4.78 is 23.0. The molecule has 2 heterocycles. The molecule has 0 saturated heterocycles. The molecular formula is C21H26FN3O2. The molecule has 0 radical (unpaired) electrons. The van der Waals surface area contributed by atoms with Gasteiger partial charge in [-0.1, -0.05) is 13.8 Å². The van der Waals surface area contributed by atoms with Crippen LogP contribution in [0.15, 0.2) is 23.0 Å². The summed E-state index contributed by atoms with van der Waals surface area (Å²) in [5, 5.41) is 4.69. The van der Waals surface area contributed by atoms with Gasteiger partial charge in [-0.05, 0) is 62.4 Å². The first-order chi connectivity index (χ1) is 12.8. The van der Waals surface area contributed by atoms with Gasteiger partial charge in [0.05, 0.1) is 6.61 Å². The van der Waals surface area contributed by atoms with Crippen molar-refractivity contribution >= 4 is 5.52 Å². The summed E-state index contributed by atoms with van der Waals surface area (Å²) in [6.07, 6.45) is 0.938. The summed E-state index contributed by atoms with van der Waals surface area (Å²) in [6, 6.07) is 5.06. The Morgan fingerprint density at radius 3 is 2.56 bits per heavy atom. The van der Waals surface area contributed by atoms with E-state index < -0.39 is 5.82 Å². The van der Waals surface area contributed by atoms with Crippen LogP contribution in [-0.2, 0) is 7.05 Å². The van der Waals surface area contributed by atoms with Crippen LogP contribution in [0.4, 0.5) is 4.39 Å². The number of aromatic nitrogens is 3. The second-order valence-electron chi connectivity index (χ2n) is 7.03. The third-order valence-corrected chi connectivity index (χ3v) is 5.17. The highest BCUT2D eigenvalue weighted by molar-refractivity contribution is 5.65. The van der Waals surface area contributed by atoms with Gasteiger partial charge in [0.25, 0.3) is 5.56 Å². The molecule has 0 N–H and O–H groups in total. The second kappa shape index (κ2) is 7.18. The predicted octanol–water partition coefficient (Wildman–Crippen LogP) is 4.37. The number of benzene rings is 1. The number of fused-ring (bicyclic) bond motifs is 1. The van der Waals surface area contributed by atoms with E-state index in [4.69, 9.17) is 9.84 Å². The van der Waals surface area contributed by atoms with Crippen molar-refractivity contribution in [2.24, 2.45) is 7.05 Å². The van der Waals surface area contributed by atoms with E-state index in [1.54, 1.807) is 17.6 Å². The van der Waals surface area contributed by atoms with E-state index >= 15 is 0 Å². The van der Waals surface area contributed by atoms with Gasteiger partial charge in [0, 0.05) is 18.3 Å². The Morgan fingerprint density at radius 2 is 1.93 bits per heavy atom. The molecule has 0 saturated carbocycles. The molecule has 6 heteroatoms. The lowest BCUT2D eigenvalue weighted by Crippen LogP contribution is -2.24. The molecule has 27 heavy (non-hydrogen) atoms. The average Bonchev–Trinajstić information content (AvgIpc) is 2.97. The molecule has 144 valence electrons. The van der Waals surface area contributed by atoms with Gasteiger partial charge in [-0.25, -0.2) is 8.91 Å². The van der Waals surface area contributed by atoms with Gasteiger partial charge in [-0.15, -0.1) is 5.10 Å². The number of rotatable bonds is 5. The van der Waals surface area contributed by atoms with Crippen LogP contribution in [0, 0.1) is 19.7 Å². The highest BCUT2D eigenvalue weighted by Crippen LogP contribution is 2.30. The van der Waals surface area contributed by atoms with E-state index in [9.17, 15) is 9.18 Å². The van der Waals surface area contributed by atoms with Crippen molar-refractivity contribution in [1.82, 2.24) is 14.2 Å². The third-order valence-electron chi connectivity index (χ3n) is 5.17. The Morgan fingerprint density at radius 1 is 1.22 bits per heavy atom. The molecule has 3 rings (SSSR count). The average molecular weight is 371 g/mol. The molecule has 0 spiro atoms. The fourth-order valence-corrected chi connectivity index (χ4v) is 3.41. The summed E-state index contributed by atoms with van der Waals surface area (Å²) >= 11 is 0. The first kappa shape index (κ1) is 19.1. The highest BCUT2D eigenvalue weighted by atomic mass is 19.1.